The van der Waals surface area contributed by atoms with Crippen LogP contribution in [0.2, 0.25) is 0 Å². The molecular formula is C15H32NO2PS. The highest BCUT2D eigenvalue weighted by atomic mass is 32.7. The van der Waals surface area contributed by atoms with Crippen molar-refractivity contribution in [3.8, 4) is 0 Å². The van der Waals surface area contributed by atoms with E-state index < -0.39 is 6.57 Å². The van der Waals surface area contributed by atoms with E-state index >= 15 is 0 Å². The largest absolute Gasteiger partial charge is 0.318 e. The van der Waals surface area contributed by atoms with Crippen molar-refractivity contribution in [3.63, 3.8) is 0 Å². The summed E-state index contributed by atoms with van der Waals surface area (Å²) in [5.41, 5.74) is 0. The second kappa shape index (κ2) is 9.50. The molecule has 1 unspecified atom stereocenters. The second-order valence-corrected chi connectivity index (χ2v) is 10.9. The zero-order valence-electron chi connectivity index (χ0n) is 13.6. The lowest BCUT2D eigenvalue weighted by Gasteiger charge is -2.29. The van der Waals surface area contributed by atoms with Crippen LogP contribution in [0.25, 0.3) is 0 Å². The molecule has 1 rings (SSSR count). The predicted octanol–water partition coefficient (Wildman–Crippen LogP) is 4.87. The maximum atomic E-state index is 12.8. The first-order valence-corrected chi connectivity index (χ1v) is 11.6. The van der Waals surface area contributed by atoms with Gasteiger partial charge in [0.05, 0.1) is 6.10 Å². The Morgan fingerprint density at radius 3 is 2.25 bits per heavy atom. The molecule has 1 aliphatic rings. The highest BCUT2D eigenvalue weighted by Gasteiger charge is 2.28. The highest BCUT2D eigenvalue weighted by Crippen LogP contribution is 2.60. The van der Waals surface area contributed by atoms with Gasteiger partial charge in [0, 0.05) is 18.5 Å². The highest BCUT2D eigenvalue weighted by molar-refractivity contribution is 8.56. The Morgan fingerprint density at radius 2 is 1.75 bits per heavy atom. The van der Waals surface area contributed by atoms with Crippen molar-refractivity contribution in [1.29, 1.82) is 0 Å². The van der Waals surface area contributed by atoms with Gasteiger partial charge in [0.1, 0.15) is 0 Å². The molecule has 1 fully saturated rings. The molecule has 3 nitrogen and oxygen atoms in total. The fourth-order valence-corrected chi connectivity index (χ4v) is 6.46. The van der Waals surface area contributed by atoms with E-state index in [2.05, 4.69) is 25.7 Å². The van der Waals surface area contributed by atoms with Gasteiger partial charge in [-0.25, -0.2) is 0 Å². The van der Waals surface area contributed by atoms with Crippen LogP contribution in [0, 0.1) is 5.92 Å². The predicted molar refractivity (Wildman–Crippen MR) is 90.9 cm³/mol. The molecule has 0 aromatic rings. The molecule has 0 amide bonds. The summed E-state index contributed by atoms with van der Waals surface area (Å²) in [6, 6.07) is 0. The minimum Gasteiger partial charge on any atom is -0.318 e. The Balaban J connectivity index is 2.36. The third kappa shape index (κ3) is 6.51. The lowest BCUT2D eigenvalue weighted by Crippen LogP contribution is -2.25. The molecule has 0 spiro atoms. The van der Waals surface area contributed by atoms with Crippen LogP contribution < -0.4 is 0 Å². The Bertz CT molecular complexity index is 302. The normalized spacial score (nSPS) is 26.6. The molecule has 20 heavy (non-hydrogen) atoms. The van der Waals surface area contributed by atoms with Crippen LogP contribution in [0.1, 0.15) is 53.4 Å². The van der Waals surface area contributed by atoms with Crippen LogP contribution in [0.3, 0.4) is 0 Å². The lowest BCUT2D eigenvalue weighted by atomic mass is 9.89. The van der Waals surface area contributed by atoms with Gasteiger partial charge in [0.15, 0.2) is 0 Å². The van der Waals surface area contributed by atoms with Crippen LogP contribution in [-0.2, 0) is 9.09 Å². The standard InChI is InChI=1S/C15H32NO2PS/c1-5-16(6-2)12-13-20-19(17,7-3)18-15-10-8-14(4)9-11-15/h14-15H,5-13H2,1-4H3. The van der Waals surface area contributed by atoms with Crippen LogP contribution in [0.15, 0.2) is 0 Å². The molecule has 1 aliphatic carbocycles. The quantitative estimate of drug-likeness (QED) is 0.567. The van der Waals surface area contributed by atoms with Gasteiger partial charge in [-0.05, 0) is 44.7 Å². The van der Waals surface area contributed by atoms with Crippen LogP contribution >= 0.6 is 18.0 Å². The smallest absolute Gasteiger partial charge is 0.257 e. The van der Waals surface area contributed by atoms with E-state index in [9.17, 15) is 4.57 Å². The van der Waals surface area contributed by atoms with Gasteiger partial charge in [0.25, 0.3) is 6.57 Å². The Labute approximate surface area is 129 Å². The van der Waals surface area contributed by atoms with Crippen LogP contribution in [0.4, 0.5) is 0 Å². The van der Waals surface area contributed by atoms with E-state index in [1.54, 1.807) is 11.4 Å². The van der Waals surface area contributed by atoms with E-state index in [-0.39, 0.29) is 6.10 Å². The van der Waals surface area contributed by atoms with Crippen molar-refractivity contribution in [2.45, 2.75) is 59.5 Å². The van der Waals surface area contributed by atoms with Crippen molar-refractivity contribution in [2.75, 3.05) is 31.5 Å². The molecule has 5 heteroatoms. The van der Waals surface area contributed by atoms with Gasteiger partial charge in [-0.15, -0.1) is 0 Å². The fourth-order valence-electron chi connectivity index (χ4n) is 2.61. The molecule has 1 saturated carbocycles. The molecule has 0 radical (unpaired) electrons. The first-order chi connectivity index (χ1) is 9.53. The monoisotopic (exact) mass is 321 g/mol. The second-order valence-electron chi connectivity index (χ2n) is 5.77. The average Bonchev–Trinajstić information content (AvgIpc) is 2.46. The third-order valence-corrected chi connectivity index (χ3v) is 9.16. The van der Waals surface area contributed by atoms with Gasteiger partial charge in [-0.2, -0.15) is 0 Å². The molecule has 120 valence electrons. The zero-order chi connectivity index (χ0) is 15.0. The Hall–Kier alpha value is 0.500. The summed E-state index contributed by atoms with van der Waals surface area (Å²) in [7, 11) is 0. The minimum absolute atomic E-state index is 0.234. The van der Waals surface area contributed by atoms with Gasteiger partial charge in [-0.1, -0.05) is 39.1 Å². The van der Waals surface area contributed by atoms with Crippen LogP contribution in [-0.4, -0.2) is 42.6 Å². The molecule has 0 saturated heterocycles. The molecular weight excluding hydrogens is 289 g/mol. The van der Waals surface area contributed by atoms with Crippen molar-refractivity contribution < 1.29 is 9.09 Å². The molecule has 0 aliphatic heterocycles. The van der Waals surface area contributed by atoms with E-state index in [0.717, 1.165) is 44.1 Å². The molecule has 0 bridgehead atoms. The first-order valence-electron chi connectivity index (χ1n) is 8.17. The van der Waals surface area contributed by atoms with Crippen molar-refractivity contribution >= 4 is 18.0 Å². The number of rotatable bonds is 9. The van der Waals surface area contributed by atoms with Gasteiger partial charge < -0.3 is 9.42 Å². The zero-order valence-corrected chi connectivity index (χ0v) is 15.3. The minimum atomic E-state index is -2.48. The third-order valence-electron chi connectivity index (χ3n) is 4.25. The van der Waals surface area contributed by atoms with E-state index in [1.807, 2.05) is 6.92 Å². The number of nitrogens with zero attached hydrogens (tertiary/aromatic N) is 1. The number of hydrogen-bond acceptors (Lipinski definition) is 4. The molecule has 1 atom stereocenters. The molecule has 0 N–H and O–H groups in total. The lowest BCUT2D eigenvalue weighted by molar-refractivity contribution is 0.143. The summed E-state index contributed by atoms with van der Waals surface area (Å²) in [5.74, 6) is 1.72. The SMILES string of the molecule is CCN(CC)CCSP(=O)(CC)OC1CCC(C)CC1. The average molecular weight is 321 g/mol. The Kier molecular flexibility index (Phi) is 8.81. The summed E-state index contributed by atoms with van der Waals surface area (Å²) < 4.78 is 18.8. The van der Waals surface area contributed by atoms with E-state index in [4.69, 9.17) is 4.52 Å². The maximum absolute atomic E-state index is 12.8. The summed E-state index contributed by atoms with van der Waals surface area (Å²) in [6.07, 6.45) is 5.50. The molecule has 0 aromatic carbocycles. The summed E-state index contributed by atoms with van der Waals surface area (Å²) in [5, 5.41) is 0. The summed E-state index contributed by atoms with van der Waals surface area (Å²) >= 11 is 1.57. The topological polar surface area (TPSA) is 29.5 Å². The first kappa shape index (κ1) is 18.5. The Morgan fingerprint density at radius 1 is 1.15 bits per heavy atom. The van der Waals surface area contributed by atoms with Gasteiger partial charge in [-0.3, -0.25) is 4.57 Å². The summed E-state index contributed by atoms with van der Waals surface area (Å²) in [4.78, 5) is 2.37. The van der Waals surface area contributed by atoms with Crippen molar-refractivity contribution in [3.05, 3.63) is 0 Å². The molecule has 0 aromatic heterocycles. The molecule has 0 heterocycles. The van der Waals surface area contributed by atoms with Crippen molar-refractivity contribution in [1.82, 2.24) is 4.90 Å². The van der Waals surface area contributed by atoms with E-state index in [1.165, 1.54) is 12.8 Å². The van der Waals surface area contributed by atoms with Gasteiger partial charge >= 0.3 is 0 Å². The van der Waals surface area contributed by atoms with Crippen molar-refractivity contribution in [2.24, 2.45) is 5.92 Å². The van der Waals surface area contributed by atoms with Crippen LogP contribution in [0.5, 0.6) is 0 Å². The van der Waals surface area contributed by atoms with Gasteiger partial charge in [0.2, 0.25) is 0 Å². The fraction of sp³-hybridized carbons (Fsp3) is 1.00. The maximum Gasteiger partial charge on any atom is 0.257 e. The summed E-state index contributed by atoms with van der Waals surface area (Å²) in [6.45, 7) is 9.30. The van der Waals surface area contributed by atoms with E-state index in [0.29, 0.717) is 6.16 Å². The number of hydrogen-bond donors (Lipinski definition) is 0.